The topological polar surface area (TPSA) is 42.0 Å². The van der Waals surface area contributed by atoms with E-state index >= 15 is 0 Å². The first-order valence-corrected chi connectivity index (χ1v) is 11.0. The van der Waals surface area contributed by atoms with Crippen LogP contribution in [0.4, 0.5) is 10.1 Å². The molecule has 0 radical (unpaired) electrons. The van der Waals surface area contributed by atoms with Crippen molar-refractivity contribution >= 4 is 46.5 Å². The van der Waals surface area contributed by atoms with E-state index in [0.717, 1.165) is 20.6 Å². The highest BCUT2D eigenvalue weighted by molar-refractivity contribution is 8.00. The number of carbonyl (C=O) groups excluding carboxylic acids is 1. The van der Waals surface area contributed by atoms with E-state index in [1.807, 2.05) is 42.0 Å². The molecule has 0 aliphatic carbocycles. The molecule has 0 unspecified atom stereocenters. The lowest BCUT2D eigenvalue weighted by Crippen LogP contribution is -2.15. The summed E-state index contributed by atoms with van der Waals surface area (Å²) in [6, 6.07) is 14.4. The average Bonchev–Trinajstić information content (AvgIpc) is 3.08. The van der Waals surface area contributed by atoms with Gasteiger partial charge in [0.25, 0.3) is 0 Å². The fourth-order valence-electron chi connectivity index (χ4n) is 2.30. The molecule has 134 valence electrons. The van der Waals surface area contributed by atoms with Crippen LogP contribution in [-0.4, -0.2) is 17.1 Å². The molecular weight excluding hydrogens is 387 g/mol. The number of hydrogen-bond acceptors (Lipinski definition) is 5. The van der Waals surface area contributed by atoms with E-state index in [2.05, 4.69) is 10.3 Å². The number of thiazole rings is 1. The molecule has 0 aliphatic heterocycles. The summed E-state index contributed by atoms with van der Waals surface area (Å²) in [4.78, 5) is 17.8. The molecule has 0 atom stereocenters. The molecule has 1 N–H and O–H groups in total. The number of benzene rings is 2. The number of rotatable bonds is 7. The summed E-state index contributed by atoms with van der Waals surface area (Å²) in [6.45, 7) is 0. The van der Waals surface area contributed by atoms with Gasteiger partial charge < -0.3 is 5.32 Å². The van der Waals surface area contributed by atoms with Gasteiger partial charge in [0, 0.05) is 16.0 Å². The zero-order valence-electron chi connectivity index (χ0n) is 14.1. The Morgan fingerprint density at radius 3 is 2.77 bits per heavy atom. The van der Waals surface area contributed by atoms with Crippen LogP contribution in [0.5, 0.6) is 0 Å². The predicted octanol–water partition coefficient (Wildman–Crippen LogP) is 5.48. The van der Waals surface area contributed by atoms with Gasteiger partial charge in [0.05, 0.1) is 17.8 Å². The second-order valence-corrected chi connectivity index (χ2v) is 8.34. The van der Waals surface area contributed by atoms with E-state index in [9.17, 15) is 9.18 Å². The molecule has 0 spiro atoms. The van der Waals surface area contributed by atoms with Gasteiger partial charge in [-0.1, -0.05) is 42.1 Å². The molecule has 0 fully saturated rings. The summed E-state index contributed by atoms with van der Waals surface area (Å²) >= 11 is 4.55. The number of nitrogens with one attached hydrogen (secondary N) is 1. The second kappa shape index (κ2) is 9.21. The predicted molar refractivity (Wildman–Crippen MR) is 109 cm³/mol. The van der Waals surface area contributed by atoms with Crippen LogP contribution in [0, 0.1) is 5.82 Å². The number of anilines is 1. The molecule has 3 rings (SSSR count). The highest BCUT2D eigenvalue weighted by atomic mass is 32.2. The molecule has 1 aromatic heterocycles. The van der Waals surface area contributed by atoms with Crippen molar-refractivity contribution in [2.75, 3.05) is 11.6 Å². The average molecular weight is 405 g/mol. The van der Waals surface area contributed by atoms with Crippen molar-refractivity contribution in [3.8, 4) is 0 Å². The molecule has 0 bridgehead atoms. The molecule has 0 aliphatic rings. The smallest absolute Gasteiger partial charge is 0.230 e. The summed E-state index contributed by atoms with van der Waals surface area (Å²) in [5, 5.41) is 4.81. The Morgan fingerprint density at radius 1 is 1.19 bits per heavy atom. The van der Waals surface area contributed by atoms with Gasteiger partial charge in [-0.25, -0.2) is 9.37 Å². The molecular formula is C19H17FN2OS3. The minimum atomic E-state index is -0.205. The van der Waals surface area contributed by atoms with Crippen LogP contribution in [0.25, 0.3) is 0 Å². The number of carbonyl (C=O) groups is 1. The van der Waals surface area contributed by atoms with Gasteiger partial charge in [-0.3, -0.25) is 4.79 Å². The fraction of sp³-hybridized carbons (Fsp3) is 0.158. The fourth-order valence-corrected chi connectivity index (χ4v) is 4.68. The van der Waals surface area contributed by atoms with E-state index < -0.39 is 0 Å². The van der Waals surface area contributed by atoms with Crippen LogP contribution in [-0.2, 0) is 17.0 Å². The Hall–Kier alpha value is -1.83. The van der Waals surface area contributed by atoms with Crippen molar-refractivity contribution in [1.29, 1.82) is 0 Å². The van der Waals surface area contributed by atoms with Gasteiger partial charge in [-0.2, -0.15) is 0 Å². The standard InChI is InChI=1S/C19H17FN2OS3/c1-24-17-9-5-4-8-16(17)22-18(23)10-14-12-26-19(21-14)25-11-13-6-2-3-7-15(13)20/h2-9,12H,10-11H2,1H3,(H,22,23). The molecule has 1 amide bonds. The van der Waals surface area contributed by atoms with Crippen molar-refractivity contribution in [2.24, 2.45) is 0 Å². The Morgan fingerprint density at radius 2 is 1.96 bits per heavy atom. The summed E-state index contributed by atoms with van der Waals surface area (Å²) in [5.74, 6) is 0.221. The Bertz CT molecular complexity index is 898. The molecule has 3 aromatic rings. The lowest BCUT2D eigenvalue weighted by molar-refractivity contribution is -0.115. The number of aromatic nitrogens is 1. The highest BCUT2D eigenvalue weighted by Crippen LogP contribution is 2.28. The van der Waals surface area contributed by atoms with Crippen LogP contribution in [0.2, 0.25) is 0 Å². The Balaban J connectivity index is 1.56. The molecule has 26 heavy (non-hydrogen) atoms. The maximum absolute atomic E-state index is 13.7. The number of nitrogens with zero attached hydrogens (tertiary/aromatic N) is 1. The van der Waals surface area contributed by atoms with Crippen molar-refractivity contribution in [1.82, 2.24) is 4.98 Å². The van der Waals surface area contributed by atoms with Crippen LogP contribution in [0.15, 0.2) is 63.1 Å². The van der Waals surface area contributed by atoms with Crippen LogP contribution in [0.3, 0.4) is 0 Å². The zero-order valence-corrected chi connectivity index (χ0v) is 16.5. The van der Waals surface area contributed by atoms with Crippen LogP contribution in [0.1, 0.15) is 11.3 Å². The summed E-state index contributed by atoms with van der Waals surface area (Å²) in [5.41, 5.74) is 2.19. The quantitative estimate of drug-likeness (QED) is 0.530. The molecule has 2 aromatic carbocycles. The van der Waals surface area contributed by atoms with Crippen LogP contribution >= 0.6 is 34.9 Å². The van der Waals surface area contributed by atoms with E-state index in [1.165, 1.54) is 29.2 Å². The number of thioether (sulfide) groups is 2. The van der Waals surface area contributed by atoms with Crippen molar-refractivity contribution in [2.45, 2.75) is 21.4 Å². The first kappa shape index (κ1) is 18.9. The minimum absolute atomic E-state index is 0.0950. The molecule has 3 nitrogen and oxygen atoms in total. The zero-order chi connectivity index (χ0) is 18.4. The maximum atomic E-state index is 13.7. The van der Waals surface area contributed by atoms with Gasteiger partial charge in [0.1, 0.15) is 10.2 Å². The Labute approximate surface area is 164 Å². The number of amides is 1. The van der Waals surface area contributed by atoms with E-state index in [1.54, 1.807) is 23.9 Å². The lowest BCUT2D eigenvalue weighted by atomic mass is 10.2. The van der Waals surface area contributed by atoms with E-state index in [4.69, 9.17) is 0 Å². The monoisotopic (exact) mass is 404 g/mol. The number of hydrogen-bond donors (Lipinski definition) is 1. The molecule has 7 heteroatoms. The maximum Gasteiger partial charge on any atom is 0.230 e. The van der Waals surface area contributed by atoms with Gasteiger partial charge in [-0.05, 0) is 30.0 Å². The van der Waals surface area contributed by atoms with Crippen molar-refractivity contribution in [3.63, 3.8) is 0 Å². The number of halogens is 1. The van der Waals surface area contributed by atoms with E-state index in [-0.39, 0.29) is 18.1 Å². The number of para-hydroxylation sites is 1. The third kappa shape index (κ3) is 5.09. The SMILES string of the molecule is CSc1ccccc1NC(=O)Cc1csc(SCc2ccccc2F)n1. The van der Waals surface area contributed by atoms with Gasteiger partial charge >= 0.3 is 0 Å². The van der Waals surface area contributed by atoms with E-state index in [0.29, 0.717) is 11.3 Å². The van der Waals surface area contributed by atoms with Crippen molar-refractivity contribution < 1.29 is 9.18 Å². The summed E-state index contributed by atoms with van der Waals surface area (Å²) in [6.07, 6.45) is 2.20. The molecule has 0 saturated carbocycles. The van der Waals surface area contributed by atoms with Gasteiger partial charge in [-0.15, -0.1) is 23.1 Å². The largest absolute Gasteiger partial charge is 0.325 e. The highest BCUT2D eigenvalue weighted by Gasteiger charge is 2.11. The second-order valence-electron chi connectivity index (χ2n) is 5.41. The molecule has 0 saturated heterocycles. The lowest BCUT2D eigenvalue weighted by Gasteiger charge is -2.08. The summed E-state index contributed by atoms with van der Waals surface area (Å²) < 4.78 is 14.5. The van der Waals surface area contributed by atoms with Gasteiger partial charge in [0.15, 0.2) is 0 Å². The van der Waals surface area contributed by atoms with Gasteiger partial charge in [0.2, 0.25) is 5.91 Å². The van der Waals surface area contributed by atoms with Crippen LogP contribution < -0.4 is 5.32 Å². The summed E-state index contributed by atoms with van der Waals surface area (Å²) in [7, 11) is 0. The minimum Gasteiger partial charge on any atom is -0.325 e. The third-order valence-corrected chi connectivity index (χ3v) is 6.48. The Kier molecular flexibility index (Phi) is 6.71. The normalized spacial score (nSPS) is 10.7. The first-order valence-electron chi connectivity index (χ1n) is 7.89. The molecule has 1 heterocycles. The first-order chi connectivity index (χ1) is 12.7. The third-order valence-electron chi connectivity index (χ3n) is 3.56. The van der Waals surface area contributed by atoms with Crippen molar-refractivity contribution in [3.05, 3.63) is 71.0 Å².